The van der Waals surface area contributed by atoms with E-state index in [0.29, 0.717) is 53.8 Å². The zero-order chi connectivity index (χ0) is 22.5. The maximum atomic E-state index is 13.0. The van der Waals surface area contributed by atoms with Crippen LogP contribution in [0.15, 0.2) is 33.6 Å². The van der Waals surface area contributed by atoms with Crippen LogP contribution in [-0.4, -0.2) is 38.2 Å². The Morgan fingerprint density at radius 2 is 2.00 bits per heavy atom. The van der Waals surface area contributed by atoms with Crippen LogP contribution in [0.1, 0.15) is 47.8 Å². The lowest BCUT2D eigenvalue weighted by atomic mass is 9.88. The number of hydrogen-bond acceptors (Lipinski definition) is 6. The van der Waals surface area contributed by atoms with Crippen molar-refractivity contribution in [1.29, 1.82) is 5.26 Å². The highest BCUT2D eigenvalue weighted by molar-refractivity contribution is 7.90. The number of carbonyl (C=O) groups is 1. The van der Waals surface area contributed by atoms with Crippen LogP contribution >= 0.6 is 11.3 Å². The Morgan fingerprint density at radius 1 is 1.25 bits per heavy atom. The molecule has 3 heterocycles. The second kappa shape index (κ2) is 8.01. The summed E-state index contributed by atoms with van der Waals surface area (Å²) in [4.78, 5) is 16.4. The summed E-state index contributed by atoms with van der Waals surface area (Å²) in [5.41, 5.74) is 2.37. The van der Waals surface area contributed by atoms with E-state index >= 15 is 0 Å². The average Bonchev–Trinajstić information content (AvgIpc) is 3.27. The summed E-state index contributed by atoms with van der Waals surface area (Å²) < 4.78 is 28.7. The van der Waals surface area contributed by atoms with Gasteiger partial charge >= 0.3 is 0 Å². The predicted octanol–water partition coefficient (Wildman–Crippen LogP) is 3.54. The molecular formula is C23H24N4O3S2. The van der Waals surface area contributed by atoms with Crippen LogP contribution in [0.3, 0.4) is 0 Å². The summed E-state index contributed by atoms with van der Waals surface area (Å²) in [5, 5.41) is 13.4. The van der Waals surface area contributed by atoms with Gasteiger partial charge in [-0.1, -0.05) is 19.1 Å². The molecule has 0 radical (unpaired) electrons. The maximum Gasteiger partial charge on any atom is 0.285 e. The van der Waals surface area contributed by atoms with Gasteiger partial charge in [0.2, 0.25) is 5.91 Å². The first kappa shape index (κ1) is 21.2. The Morgan fingerprint density at radius 3 is 2.75 bits per heavy atom. The quantitative estimate of drug-likeness (QED) is 0.726. The van der Waals surface area contributed by atoms with E-state index in [1.165, 1.54) is 4.88 Å². The molecule has 2 aliphatic heterocycles. The topological polar surface area (TPSA) is 103 Å². The lowest BCUT2D eigenvalue weighted by Crippen LogP contribution is -2.41. The summed E-state index contributed by atoms with van der Waals surface area (Å²) in [5.74, 6) is 0.846. The van der Waals surface area contributed by atoms with Crippen molar-refractivity contribution in [2.75, 3.05) is 18.4 Å². The number of hydrogen-bond donors (Lipinski definition) is 1. The number of thiophene rings is 1. The molecule has 1 saturated heterocycles. The van der Waals surface area contributed by atoms with Crippen LogP contribution in [0.5, 0.6) is 0 Å². The minimum atomic E-state index is -3.65. The van der Waals surface area contributed by atoms with E-state index in [1.54, 1.807) is 29.5 Å². The number of amides is 1. The number of benzene rings is 1. The van der Waals surface area contributed by atoms with Crippen molar-refractivity contribution in [2.24, 2.45) is 16.2 Å². The minimum Gasteiger partial charge on any atom is -0.355 e. The molecule has 1 amide bonds. The Kier molecular flexibility index (Phi) is 5.30. The minimum absolute atomic E-state index is 0.0609. The summed E-state index contributed by atoms with van der Waals surface area (Å²) >= 11 is 1.54. The van der Waals surface area contributed by atoms with Gasteiger partial charge in [-0.05, 0) is 55.7 Å². The van der Waals surface area contributed by atoms with Crippen molar-refractivity contribution in [1.82, 2.24) is 4.90 Å². The average molecular weight is 469 g/mol. The van der Waals surface area contributed by atoms with Gasteiger partial charge in [-0.15, -0.1) is 15.7 Å². The predicted molar refractivity (Wildman–Crippen MR) is 123 cm³/mol. The number of piperidine rings is 1. The molecule has 0 saturated carbocycles. The Balaban J connectivity index is 1.27. The van der Waals surface area contributed by atoms with E-state index in [-0.39, 0.29) is 16.7 Å². The van der Waals surface area contributed by atoms with Crippen molar-refractivity contribution in [2.45, 2.75) is 43.9 Å². The molecule has 7 nitrogen and oxygen atoms in total. The first-order valence-corrected chi connectivity index (χ1v) is 13.2. The molecule has 1 N–H and O–H groups in total. The number of nitrogens with one attached hydrogen (secondary N) is 1. The van der Waals surface area contributed by atoms with Crippen molar-refractivity contribution >= 4 is 38.1 Å². The van der Waals surface area contributed by atoms with Crippen LogP contribution in [0.25, 0.3) is 0 Å². The van der Waals surface area contributed by atoms with Gasteiger partial charge in [0, 0.05) is 29.4 Å². The molecule has 3 aliphatic rings. The van der Waals surface area contributed by atoms with Gasteiger partial charge in [0.25, 0.3) is 10.0 Å². The monoisotopic (exact) mass is 468 g/mol. The Bertz CT molecular complexity index is 1260. The van der Waals surface area contributed by atoms with E-state index < -0.39 is 10.0 Å². The van der Waals surface area contributed by atoms with E-state index in [0.717, 1.165) is 24.8 Å². The smallest absolute Gasteiger partial charge is 0.285 e. The van der Waals surface area contributed by atoms with Crippen LogP contribution in [0.2, 0.25) is 0 Å². The SMILES string of the molecule is CC1CCc2c(sc(NC(=O)C3CCN(C4=NS(=O)(=O)c5ccccc54)CC3)c2C#N)C1. The molecule has 1 aromatic carbocycles. The highest BCUT2D eigenvalue weighted by atomic mass is 32.2. The fourth-order valence-corrected chi connectivity index (χ4v) is 7.43. The van der Waals surface area contributed by atoms with Gasteiger partial charge in [0.1, 0.15) is 16.0 Å². The number of nitriles is 1. The van der Waals surface area contributed by atoms with Gasteiger partial charge in [0.05, 0.1) is 5.56 Å². The van der Waals surface area contributed by atoms with Crippen LogP contribution in [0, 0.1) is 23.2 Å². The highest BCUT2D eigenvalue weighted by Gasteiger charge is 2.35. The molecular weight excluding hydrogens is 444 g/mol. The lowest BCUT2D eigenvalue weighted by Gasteiger charge is -2.32. The summed E-state index contributed by atoms with van der Waals surface area (Å²) in [7, 11) is -3.65. The number of sulfonamides is 1. The normalized spacial score (nSPS) is 21.9. The van der Waals surface area contributed by atoms with E-state index in [2.05, 4.69) is 22.7 Å². The second-order valence-corrected chi connectivity index (χ2v) is 11.5. The summed E-state index contributed by atoms with van der Waals surface area (Å²) in [6.07, 6.45) is 4.16. The number of nitrogens with zero attached hydrogens (tertiary/aromatic N) is 3. The van der Waals surface area contributed by atoms with E-state index in [4.69, 9.17) is 0 Å². The Hall–Kier alpha value is -2.70. The summed E-state index contributed by atoms with van der Waals surface area (Å²) in [6.45, 7) is 3.34. The number of anilines is 1. The molecule has 9 heteroatoms. The standard InChI is InChI=1S/C23H24N4O3S2/c1-14-6-7-16-18(13-24)23(31-19(16)12-14)25-22(28)15-8-10-27(11-9-15)21-17-4-2-3-5-20(17)32(29,30)26-21/h2-5,14-15H,6-12H2,1H3,(H,25,28). The molecule has 0 bridgehead atoms. The maximum absolute atomic E-state index is 13.0. The van der Waals surface area contributed by atoms with Crippen molar-refractivity contribution < 1.29 is 13.2 Å². The molecule has 1 aromatic heterocycles. The van der Waals surface area contributed by atoms with E-state index in [1.807, 2.05) is 11.0 Å². The molecule has 1 fully saturated rings. The van der Waals surface area contributed by atoms with Crippen molar-refractivity contribution in [3.63, 3.8) is 0 Å². The van der Waals surface area contributed by atoms with Crippen LogP contribution in [-0.2, 0) is 27.7 Å². The zero-order valence-corrected chi connectivity index (χ0v) is 19.4. The second-order valence-electron chi connectivity index (χ2n) is 8.80. The Labute approximate surface area is 191 Å². The molecule has 166 valence electrons. The number of carbonyl (C=O) groups excluding carboxylic acids is 1. The molecule has 32 heavy (non-hydrogen) atoms. The molecule has 5 rings (SSSR count). The van der Waals surface area contributed by atoms with Gasteiger partial charge in [-0.2, -0.15) is 13.7 Å². The molecule has 1 aliphatic carbocycles. The summed E-state index contributed by atoms with van der Waals surface area (Å²) in [6, 6.07) is 9.17. The van der Waals surface area contributed by atoms with Crippen molar-refractivity contribution in [3.05, 3.63) is 45.8 Å². The highest BCUT2D eigenvalue weighted by Crippen LogP contribution is 2.39. The fraction of sp³-hybridized carbons (Fsp3) is 0.435. The van der Waals surface area contributed by atoms with Crippen LogP contribution in [0.4, 0.5) is 5.00 Å². The largest absolute Gasteiger partial charge is 0.355 e. The number of fused-ring (bicyclic) bond motifs is 2. The fourth-order valence-electron chi connectivity index (χ4n) is 4.84. The third-order valence-corrected chi connectivity index (χ3v) is 9.13. The number of rotatable bonds is 2. The van der Waals surface area contributed by atoms with Gasteiger partial charge in [-0.3, -0.25) is 4.79 Å². The molecule has 1 unspecified atom stereocenters. The van der Waals surface area contributed by atoms with Gasteiger partial charge in [0.15, 0.2) is 5.84 Å². The molecule has 0 spiro atoms. The zero-order valence-electron chi connectivity index (χ0n) is 17.8. The van der Waals surface area contributed by atoms with E-state index in [9.17, 15) is 18.5 Å². The molecule has 1 atom stereocenters. The van der Waals surface area contributed by atoms with Crippen molar-refractivity contribution in [3.8, 4) is 6.07 Å². The molecule has 2 aromatic rings. The first-order chi connectivity index (χ1) is 15.4. The number of amidine groups is 1. The van der Waals surface area contributed by atoms with Gasteiger partial charge < -0.3 is 10.2 Å². The van der Waals surface area contributed by atoms with Crippen LogP contribution < -0.4 is 5.32 Å². The number of likely N-dealkylation sites (tertiary alicyclic amines) is 1. The first-order valence-electron chi connectivity index (χ1n) is 10.9. The third kappa shape index (κ3) is 3.61. The lowest BCUT2D eigenvalue weighted by molar-refractivity contribution is -0.120. The third-order valence-electron chi connectivity index (χ3n) is 6.64. The van der Waals surface area contributed by atoms with Gasteiger partial charge in [-0.25, -0.2) is 0 Å².